The number of benzene rings is 3. The first-order valence-corrected chi connectivity index (χ1v) is 14.5. The van der Waals surface area contributed by atoms with Crippen molar-refractivity contribution >= 4 is 27.5 Å². The molecule has 39 heavy (non-hydrogen) atoms. The zero-order valence-corrected chi connectivity index (χ0v) is 23.7. The van der Waals surface area contributed by atoms with E-state index in [2.05, 4.69) is 5.32 Å². The topological polar surface area (TPSA) is 86.8 Å². The monoisotopic (exact) mass is 553 g/mol. The molecule has 0 spiro atoms. The molecule has 3 aromatic carbocycles. The van der Waals surface area contributed by atoms with E-state index in [1.54, 1.807) is 62.4 Å². The number of para-hydroxylation sites is 1. The first-order chi connectivity index (χ1) is 18.6. The third kappa shape index (κ3) is 7.44. The Kier molecular flexibility index (Phi) is 10.2. The number of anilines is 1. The van der Waals surface area contributed by atoms with Crippen LogP contribution in [0.5, 0.6) is 0 Å². The largest absolute Gasteiger partial charge is 0.354 e. The van der Waals surface area contributed by atoms with E-state index in [9.17, 15) is 22.4 Å². The Hall–Kier alpha value is -3.72. The fraction of sp³-hybridized carbons (Fsp3) is 0.333. The Morgan fingerprint density at radius 2 is 1.56 bits per heavy atom. The molecule has 0 saturated carbocycles. The number of halogens is 1. The van der Waals surface area contributed by atoms with Gasteiger partial charge in [-0.3, -0.25) is 13.9 Å². The molecule has 0 aliphatic rings. The normalized spacial score (nSPS) is 12.0. The summed E-state index contributed by atoms with van der Waals surface area (Å²) in [6.07, 6.45) is 1.04. The summed E-state index contributed by atoms with van der Waals surface area (Å²) < 4.78 is 42.5. The number of carbonyl (C=O) groups is 2. The van der Waals surface area contributed by atoms with Crippen LogP contribution in [-0.2, 0) is 26.2 Å². The third-order valence-electron chi connectivity index (χ3n) is 6.47. The lowest BCUT2D eigenvalue weighted by atomic mass is 10.1. The van der Waals surface area contributed by atoms with Crippen molar-refractivity contribution in [3.63, 3.8) is 0 Å². The van der Waals surface area contributed by atoms with Crippen LogP contribution in [0.25, 0.3) is 0 Å². The number of nitrogens with one attached hydrogen (secondary N) is 1. The van der Waals surface area contributed by atoms with Gasteiger partial charge in [-0.05, 0) is 68.1 Å². The maximum atomic E-state index is 14.0. The van der Waals surface area contributed by atoms with Gasteiger partial charge in [0.25, 0.3) is 10.0 Å². The molecule has 7 nitrogen and oxygen atoms in total. The van der Waals surface area contributed by atoms with Gasteiger partial charge in [0.15, 0.2) is 0 Å². The average molecular weight is 554 g/mol. The van der Waals surface area contributed by atoms with Crippen molar-refractivity contribution in [1.82, 2.24) is 10.2 Å². The average Bonchev–Trinajstić information content (AvgIpc) is 2.92. The molecule has 0 aliphatic carbocycles. The van der Waals surface area contributed by atoms with Gasteiger partial charge in [-0.1, -0.05) is 61.9 Å². The van der Waals surface area contributed by atoms with Crippen LogP contribution < -0.4 is 9.62 Å². The van der Waals surface area contributed by atoms with Crippen LogP contribution in [0.3, 0.4) is 0 Å². The first kappa shape index (κ1) is 29.8. The van der Waals surface area contributed by atoms with Gasteiger partial charge in [0.05, 0.1) is 10.6 Å². The lowest BCUT2D eigenvalue weighted by Crippen LogP contribution is -2.52. The van der Waals surface area contributed by atoms with E-state index in [-0.39, 0.29) is 17.3 Å². The Morgan fingerprint density at radius 3 is 2.15 bits per heavy atom. The summed E-state index contributed by atoms with van der Waals surface area (Å²) in [4.78, 5) is 28.5. The van der Waals surface area contributed by atoms with Gasteiger partial charge < -0.3 is 10.2 Å². The molecule has 0 fully saturated rings. The molecule has 3 rings (SSSR count). The standard InChI is InChI=1S/C30H36FN3O4S/c1-5-19-32-30(36)27(6-2)33(20-24-13-15-25(31)16-14-24)29(35)21-34(28-10-8-7-9-23(28)4)39(37,38)26-17-11-22(3)12-18-26/h7-18,27H,5-6,19-21H2,1-4H3,(H,32,36)/t27-/m1/s1. The molecule has 0 unspecified atom stereocenters. The Balaban J connectivity index is 2.05. The molecule has 1 N–H and O–H groups in total. The Labute approximate surface area is 230 Å². The van der Waals surface area contributed by atoms with Gasteiger partial charge in [-0.15, -0.1) is 0 Å². The van der Waals surface area contributed by atoms with Gasteiger partial charge in [-0.2, -0.15) is 0 Å². The van der Waals surface area contributed by atoms with Crippen molar-refractivity contribution in [3.8, 4) is 0 Å². The molecule has 0 saturated heterocycles. The van der Waals surface area contributed by atoms with E-state index in [4.69, 9.17) is 0 Å². The first-order valence-electron chi connectivity index (χ1n) is 13.0. The molecule has 0 bridgehead atoms. The lowest BCUT2D eigenvalue weighted by Gasteiger charge is -2.33. The molecule has 1 atom stereocenters. The number of hydrogen-bond acceptors (Lipinski definition) is 4. The third-order valence-corrected chi connectivity index (χ3v) is 8.25. The molecular weight excluding hydrogens is 517 g/mol. The zero-order chi connectivity index (χ0) is 28.6. The van der Waals surface area contributed by atoms with Crippen LogP contribution in [-0.4, -0.2) is 44.3 Å². The van der Waals surface area contributed by atoms with Crippen LogP contribution >= 0.6 is 0 Å². The van der Waals surface area contributed by atoms with E-state index in [1.807, 2.05) is 13.8 Å². The smallest absolute Gasteiger partial charge is 0.264 e. The van der Waals surface area contributed by atoms with Gasteiger partial charge in [-0.25, -0.2) is 12.8 Å². The Bertz CT molecular complexity index is 1380. The summed E-state index contributed by atoms with van der Waals surface area (Å²) >= 11 is 0. The molecule has 2 amide bonds. The molecule has 0 radical (unpaired) electrons. The molecule has 0 heterocycles. The molecule has 9 heteroatoms. The van der Waals surface area contributed by atoms with Crippen LogP contribution in [0.1, 0.15) is 43.4 Å². The zero-order valence-electron chi connectivity index (χ0n) is 22.9. The predicted molar refractivity (Wildman–Crippen MR) is 151 cm³/mol. The van der Waals surface area contributed by atoms with Gasteiger partial charge >= 0.3 is 0 Å². The van der Waals surface area contributed by atoms with Crippen LogP contribution in [0.4, 0.5) is 10.1 Å². The second-order valence-corrected chi connectivity index (χ2v) is 11.3. The Morgan fingerprint density at radius 1 is 0.923 bits per heavy atom. The highest BCUT2D eigenvalue weighted by Gasteiger charge is 2.34. The number of aryl methyl sites for hydroxylation is 2. The van der Waals surface area contributed by atoms with Crippen LogP contribution in [0.15, 0.2) is 77.7 Å². The maximum Gasteiger partial charge on any atom is 0.264 e. The molecule has 0 aromatic heterocycles. The van der Waals surface area contributed by atoms with Gasteiger partial charge in [0.2, 0.25) is 11.8 Å². The van der Waals surface area contributed by atoms with E-state index >= 15 is 0 Å². The summed E-state index contributed by atoms with van der Waals surface area (Å²) in [7, 11) is -4.13. The minimum Gasteiger partial charge on any atom is -0.354 e. The number of nitrogens with zero attached hydrogens (tertiary/aromatic N) is 2. The van der Waals surface area contributed by atoms with E-state index in [0.717, 1.165) is 16.3 Å². The summed E-state index contributed by atoms with van der Waals surface area (Å²) in [5.41, 5.74) is 2.58. The lowest BCUT2D eigenvalue weighted by molar-refractivity contribution is -0.140. The highest BCUT2D eigenvalue weighted by molar-refractivity contribution is 7.92. The molecule has 0 aliphatic heterocycles. The minimum absolute atomic E-state index is 0.0172. The SMILES string of the molecule is CCCNC(=O)[C@@H](CC)N(Cc1ccc(F)cc1)C(=O)CN(c1ccccc1C)S(=O)(=O)c1ccc(C)cc1. The highest BCUT2D eigenvalue weighted by atomic mass is 32.2. The summed E-state index contributed by atoms with van der Waals surface area (Å²) in [5, 5.41) is 2.84. The molecular formula is C30H36FN3O4S. The minimum atomic E-state index is -4.13. The van der Waals surface area contributed by atoms with Crippen molar-refractivity contribution in [3.05, 3.63) is 95.3 Å². The predicted octanol–water partition coefficient (Wildman–Crippen LogP) is 4.97. The summed E-state index contributed by atoms with van der Waals surface area (Å²) in [6.45, 7) is 7.32. The van der Waals surface area contributed by atoms with E-state index in [1.165, 1.54) is 29.2 Å². The van der Waals surface area contributed by atoms with Gasteiger partial charge in [0, 0.05) is 13.1 Å². The van der Waals surface area contributed by atoms with Crippen molar-refractivity contribution in [2.24, 2.45) is 0 Å². The second-order valence-electron chi connectivity index (χ2n) is 9.47. The summed E-state index contributed by atoms with van der Waals surface area (Å²) in [6, 6.07) is 18.2. The number of hydrogen-bond donors (Lipinski definition) is 1. The van der Waals surface area contributed by atoms with Gasteiger partial charge in [0.1, 0.15) is 18.4 Å². The van der Waals surface area contributed by atoms with Crippen LogP contribution in [0, 0.1) is 19.7 Å². The van der Waals surface area contributed by atoms with Crippen molar-refractivity contribution < 1.29 is 22.4 Å². The quantitative estimate of drug-likeness (QED) is 0.343. The van der Waals surface area contributed by atoms with E-state index in [0.29, 0.717) is 29.8 Å². The second kappa shape index (κ2) is 13.4. The van der Waals surface area contributed by atoms with Crippen molar-refractivity contribution in [1.29, 1.82) is 0 Å². The highest BCUT2D eigenvalue weighted by Crippen LogP contribution is 2.27. The van der Waals surface area contributed by atoms with E-state index < -0.39 is 34.3 Å². The fourth-order valence-corrected chi connectivity index (χ4v) is 5.74. The van der Waals surface area contributed by atoms with Crippen LogP contribution in [0.2, 0.25) is 0 Å². The molecule has 208 valence electrons. The maximum absolute atomic E-state index is 14.0. The number of rotatable bonds is 12. The fourth-order valence-electron chi connectivity index (χ4n) is 4.27. The molecule has 3 aromatic rings. The number of amides is 2. The summed E-state index contributed by atoms with van der Waals surface area (Å²) in [5.74, 6) is -1.28. The van der Waals surface area contributed by atoms with Crippen molar-refractivity contribution in [2.45, 2.75) is 58.0 Å². The van der Waals surface area contributed by atoms with Crippen molar-refractivity contribution in [2.75, 3.05) is 17.4 Å². The number of sulfonamides is 1. The number of carbonyl (C=O) groups excluding carboxylic acids is 2.